The zero-order chi connectivity index (χ0) is 23.5. The van der Waals surface area contributed by atoms with E-state index in [9.17, 15) is 9.59 Å². The molecule has 0 atom stereocenters. The summed E-state index contributed by atoms with van der Waals surface area (Å²) in [5, 5.41) is 7.29. The summed E-state index contributed by atoms with van der Waals surface area (Å²) >= 11 is 15.5. The first-order valence-corrected chi connectivity index (χ1v) is 11.5. The Bertz CT molecular complexity index is 986. The molecule has 0 aliphatic carbocycles. The van der Waals surface area contributed by atoms with Crippen LogP contribution in [0, 0.1) is 0 Å². The summed E-state index contributed by atoms with van der Waals surface area (Å²) in [6.07, 6.45) is 3.13. The Labute approximate surface area is 205 Å². The summed E-state index contributed by atoms with van der Waals surface area (Å²) in [6.45, 7) is 4.97. The number of carbonyl (C=O) groups excluding carboxylic acids is 2. The normalized spacial score (nSPS) is 10.8. The lowest BCUT2D eigenvalue weighted by atomic mass is 10.2. The van der Waals surface area contributed by atoms with Crippen molar-refractivity contribution in [1.29, 1.82) is 0 Å². The lowest BCUT2D eigenvalue weighted by molar-refractivity contribution is -0.139. The maximum absolute atomic E-state index is 11.8. The van der Waals surface area contributed by atoms with Gasteiger partial charge in [-0.2, -0.15) is 5.10 Å². The second kappa shape index (κ2) is 13.3. The molecule has 32 heavy (non-hydrogen) atoms. The van der Waals surface area contributed by atoms with Crippen LogP contribution in [0.4, 0.5) is 0 Å². The van der Waals surface area contributed by atoms with Gasteiger partial charge in [0.2, 0.25) is 0 Å². The van der Waals surface area contributed by atoms with Crippen LogP contribution in [0.15, 0.2) is 39.9 Å². The molecule has 0 heterocycles. The largest absolute Gasteiger partial charge is 0.490 e. The van der Waals surface area contributed by atoms with E-state index in [-0.39, 0.29) is 6.61 Å². The molecule has 2 amide bonds. The van der Waals surface area contributed by atoms with Crippen molar-refractivity contribution < 1.29 is 19.1 Å². The first-order valence-electron chi connectivity index (χ1n) is 10.00. The van der Waals surface area contributed by atoms with Crippen molar-refractivity contribution in [2.45, 2.75) is 33.3 Å². The molecule has 2 aromatic carbocycles. The number of ether oxygens (including phenoxy) is 2. The zero-order valence-electron chi connectivity index (χ0n) is 17.7. The predicted molar refractivity (Wildman–Crippen MR) is 130 cm³/mol. The summed E-state index contributed by atoms with van der Waals surface area (Å²) < 4.78 is 12.3. The van der Waals surface area contributed by atoms with Gasteiger partial charge in [-0.25, -0.2) is 5.43 Å². The van der Waals surface area contributed by atoms with Gasteiger partial charge in [-0.05, 0) is 64.7 Å². The number of halogens is 3. The maximum atomic E-state index is 11.8. The van der Waals surface area contributed by atoms with Crippen molar-refractivity contribution in [1.82, 2.24) is 10.7 Å². The van der Waals surface area contributed by atoms with Crippen LogP contribution >= 0.6 is 39.1 Å². The molecule has 2 rings (SSSR count). The molecule has 7 nitrogen and oxygen atoms in total. The minimum absolute atomic E-state index is 0.256. The fourth-order valence-corrected chi connectivity index (χ4v) is 3.42. The molecule has 0 aliphatic heterocycles. The van der Waals surface area contributed by atoms with Gasteiger partial charge in [0.25, 0.3) is 0 Å². The molecule has 0 aromatic heterocycles. The number of carbonyl (C=O) groups is 2. The van der Waals surface area contributed by atoms with Crippen LogP contribution < -0.4 is 20.2 Å². The minimum Gasteiger partial charge on any atom is -0.490 e. The molecule has 0 spiro atoms. The molecule has 0 radical (unpaired) electrons. The van der Waals surface area contributed by atoms with Crippen LogP contribution in [0.1, 0.15) is 37.8 Å². The highest BCUT2D eigenvalue weighted by Crippen LogP contribution is 2.37. The van der Waals surface area contributed by atoms with Crippen LogP contribution in [-0.4, -0.2) is 31.2 Å². The Balaban J connectivity index is 2.07. The molecule has 172 valence electrons. The number of hydrogen-bond donors (Lipinski definition) is 2. The number of nitrogens with one attached hydrogen (secondary N) is 2. The summed E-state index contributed by atoms with van der Waals surface area (Å²) in [5.41, 5.74) is 3.69. The number of hydrogen-bond acceptors (Lipinski definition) is 5. The average molecular weight is 545 g/mol. The van der Waals surface area contributed by atoms with Gasteiger partial charge in [0.1, 0.15) is 6.61 Å². The van der Waals surface area contributed by atoms with Crippen molar-refractivity contribution >= 4 is 57.2 Å². The highest BCUT2D eigenvalue weighted by Gasteiger charge is 2.14. The molecule has 0 aliphatic rings. The van der Waals surface area contributed by atoms with Crippen LogP contribution in [-0.2, 0) is 16.2 Å². The third-order valence-electron chi connectivity index (χ3n) is 4.10. The van der Waals surface area contributed by atoms with E-state index >= 15 is 0 Å². The number of benzene rings is 2. The van der Waals surface area contributed by atoms with Crippen LogP contribution in [0.2, 0.25) is 10.0 Å². The Kier molecular flexibility index (Phi) is 10.8. The molecule has 0 saturated carbocycles. The molecule has 0 saturated heterocycles. The molecule has 0 fully saturated rings. The highest BCUT2D eigenvalue weighted by atomic mass is 79.9. The monoisotopic (exact) mass is 543 g/mol. The topological polar surface area (TPSA) is 89.0 Å². The molecule has 0 bridgehead atoms. The molecule has 2 aromatic rings. The Hall–Kier alpha value is -2.29. The first kappa shape index (κ1) is 26.0. The highest BCUT2D eigenvalue weighted by molar-refractivity contribution is 9.10. The zero-order valence-corrected chi connectivity index (χ0v) is 20.8. The van der Waals surface area contributed by atoms with E-state index in [1.54, 1.807) is 24.3 Å². The van der Waals surface area contributed by atoms with Crippen LogP contribution in [0.3, 0.4) is 0 Å². The Morgan fingerprint density at radius 2 is 1.88 bits per heavy atom. The lowest BCUT2D eigenvalue weighted by Crippen LogP contribution is -2.38. The fraction of sp³-hybridized carbons (Fsp3) is 0.318. The summed E-state index contributed by atoms with van der Waals surface area (Å²) in [5.74, 6) is -0.553. The quantitative estimate of drug-likeness (QED) is 0.188. The average Bonchev–Trinajstić information content (AvgIpc) is 2.75. The Morgan fingerprint density at radius 3 is 2.56 bits per heavy atom. The van der Waals surface area contributed by atoms with Crippen molar-refractivity contribution in [2.75, 3.05) is 13.2 Å². The first-order chi connectivity index (χ1) is 15.3. The van der Waals surface area contributed by atoms with E-state index in [2.05, 4.69) is 31.8 Å². The van der Waals surface area contributed by atoms with Crippen molar-refractivity contribution in [3.8, 4) is 11.5 Å². The molecular formula is C22H24BrCl2N3O4. The van der Waals surface area contributed by atoms with Gasteiger partial charge >= 0.3 is 11.8 Å². The number of nitrogens with zero attached hydrogens (tertiary/aromatic N) is 1. The molecular weight excluding hydrogens is 521 g/mol. The van der Waals surface area contributed by atoms with Crippen molar-refractivity contribution in [3.63, 3.8) is 0 Å². The van der Waals surface area contributed by atoms with Gasteiger partial charge in [-0.3, -0.25) is 9.59 Å². The number of amides is 2. The van der Waals surface area contributed by atoms with Gasteiger partial charge in [0.05, 0.1) is 27.3 Å². The summed E-state index contributed by atoms with van der Waals surface area (Å²) in [4.78, 5) is 23.4. The summed E-state index contributed by atoms with van der Waals surface area (Å²) in [7, 11) is 0. The van der Waals surface area contributed by atoms with Gasteiger partial charge in [0.15, 0.2) is 11.5 Å². The number of rotatable bonds is 10. The van der Waals surface area contributed by atoms with E-state index < -0.39 is 11.8 Å². The van der Waals surface area contributed by atoms with E-state index in [1.165, 1.54) is 6.21 Å². The number of hydrazone groups is 1. The second-order valence-corrected chi connectivity index (χ2v) is 8.28. The van der Waals surface area contributed by atoms with Crippen molar-refractivity contribution in [3.05, 3.63) is 56.0 Å². The number of unbranched alkanes of at least 4 members (excludes halogenated alkanes) is 1. The fourth-order valence-electron chi connectivity index (χ4n) is 2.53. The van der Waals surface area contributed by atoms with Gasteiger partial charge in [-0.15, -0.1) is 0 Å². The van der Waals surface area contributed by atoms with E-state index in [0.717, 1.165) is 18.4 Å². The second-order valence-electron chi connectivity index (χ2n) is 6.61. The summed E-state index contributed by atoms with van der Waals surface area (Å²) in [6, 6.07) is 8.74. The molecule has 2 N–H and O–H groups in total. The minimum atomic E-state index is -0.831. The molecule has 0 unspecified atom stereocenters. The Morgan fingerprint density at radius 1 is 1.09 bits per heavy atom. The van der Waals surface area contributed by atoms with Crippen molar-refractivity contribution in [2.24, 2.45) is 5.10 Å². The van der Waals surface area contributed by atoms with E-state index in [4.69, 9.17) is 32.7 Å². The lowest BCUT2D eigenvalue weighted by Gasteiger charge is -2.15. The SMILES string of the molecule is CCCCNC(=O)C(=O)N/N=C\c1cc(Br)c(OCc2ccc(Cl)c(Cl)c2)c(OCC)c1. The molecule has 10 heteroatoms. The van der Waals surface area contributed by atoms with E-state index in [1.807, 2.05) is 19.9 Å². The smallest absolute Gasteiger partial charge is 0.329 e. The third-order valence-corrected chi connectivity index (χ3v) is 5.43. The maximum Gasteiger partial charge on any atom is 0.329 e. The predicted octanol–water partition coefficient (Wildman–Crippen LogP) is 5.10. The van der Waals surface area contributed by atoms with Crippen LogP contribution in [0.25, 0.3) is 0 Å². The van der Waals surface area contributed by atoms with Gasteiger partial charge in [0, 0.05) is 6.54 Å². The third kappa shape index (κ3) is 8.00. The van der Waals surface area contributed by atoms with E-state index in [0.29, 0.717) is 44.7 Å². The van der Waals surface area contributed by atoms with Gasteiger partial charge < -0.3 is 14.8 Å². The standard InChI is InChI=1S/C22H24BrCl2N3O4/c1-3-5-8-26-21(29)22(30)28-27-12-15-9-16(23)20(19(11-15)31-4-2)32-13-14-6-7-17(24)18(25)10-14/h6-7,9-12H,3-5,8,13H2,1-2H3,(H,26,29)(H,28,30)/b27-12-. The van der Waals surface area contributed by atoms with Crippen LogP contribution in [0.5, 0.6) is 11.5 Å². The van der Waals surface area contributed by atoms with Gasteiger partial charge in [-0.1, -0.05) is 42.6 Å².